The van der Waals surface area contributed by atoms with E-state index in [0.29, 0.717) is 5.82 Å². The van der Waals surface area contributed by atoms with Gasteiger partial charge in [-0.25, -0.2) is 9.97 Å². The summed E-state index contributed by atoms with van der Waals surface area (Å²) in [6.45, 7) is 1.99. The number of rotatable bonds is 4. The summed E-state index contributed by atoms with van der Waals surface area (Å²) < 4.78 is 5.17. The van der Waals surface area contributed by atoms with Crippen LogP contribution < -0.4 is 10.1 Å². The fourth-order valence-corrected chi connectivity index (χ4v) is 2.11. The molecule has 0 saturated carbocycles. The molecule has 3 aromatic rings. The van der Waals surface area contributed by atoms with Crippen molar-refractivity contribution in [1.29, 1.82) is 0 Å². The third-order valence-electron chi connectivity index (χ3n) is 3.36. The minimum absolute atomic E-state index is 0.687. The fraction of sp³-hybridized carbons (Fsp3) is 0.111. The number of hydrogen-bond donors (Lipinski definition) is 1. The Labute approximate surface area is 129 Å². The fourth-order valence-electron chi connectivity index (χ4n) is 2.11. The second-order valence-electron chi connectivity index (χ2n) is 4.94. The van der Waals surface area contributed by atoms with Crippen LogP contribution in [-0.4, -0.2) is 17.1 Å². The van der Waals surface area contributed by atoms with E-state index in [-0.39, 0.29) is 0 Å². The second kappa shape index (κ2) is 6.26. The molecule has 0 radical (unpaired) electrons. The predicted octanol–water partition coefficient (Wildman–Crippen LogP) is 4.20. The first-order valence-electron chi connectivity index (χ1n) is 7.06. The standard InChI is InChI=1S/C18H17N3O/c1-13-12-19-18(14-8-10-16(22-2)11-9-14)21-17(13)20-15-6-4-3-5-7-15/h3-12H,1-2H3,(H,19,20,21). The average molecular weight is 291 g/mol. The molecular weight excluding hydrogens is 274 g/mol. The summed E-state index contributed by atoms with van der Waals surface area (Å²) in [5, 5.41) is 3.33. The second-order valence-corrected chi connectivity index (χ2v) is 4.94. The highest BCUT2D eigenvalue weighted by atomic mass is 16.5. The van der Waals surface area contributed by atoms with Crippen LogP contribution in [0.25, 0.3) is 11.4 Å². The van der Waals surface area contributed by atoms with E-state index in [1.54, 1.807) is 7.11 Å². The Morgan fingerprint density at radius 2 is 1.68 bits per heavy atom. The first kappa shape index (κ1) is 14.1. The minimum Gasteiger partial charge on any atom is -0.497 e. The summed E-state index contributed by atoms with van der Waals surface area (Å²) in [4.78, 5) is 9.04. The zero-order valence-electron chi connectivity index (χ0n) is 12.6. The average Bonchev–Trinajstić information content (AvgIpc) is 2.58. The van der Waals surface area contributed by atoms with Crippen molar-refractivity contribution >= 4 is 11.5 Å². The van der Waals surface area contributed by atoms with E-state index < -0.39 is 0 Å². The van der Waals surface area contributed by atoms with Crippen molar-refractivity contribution < 1.29 is 4.74 Å². The van der Waals surface area contributed by atoms with Gasteiger partial charge in [0.2, 0.25) is 0 Å². The van der Waals surface area contributed by atoms with Gasteiger partial charge >= 0.3 is 0 Å². The van der Waals surface area contributed by atoms with E-state index in [0.717, 1.165) is 28.4 Å². The normalized spacial score (nSPS) is 10.3. The largest absolute Gasteiger partial charge is 0.497 e. The molecule has 0 fully saturated rings. The number of aryl methyl sites for hydroxylation is 1. The highest BCUT2D eigenvalue weighted by Gasteiger charge is 2.06. The summed E-state index contributed by atoms with van der Waals surface area (Å²) >= 11 is 0. The molecule has 0 spiro atoms. The van der Waals surface area contributed by atoms with Crippen LogP contribution >= 0.6 is 0 Å². The van der Waals surface area contributed by atoms with Gasteiger partial charge in [-0.2, -0.15) is 0 Å². The molecule has 0 aliphatic carbocycles. The number of para-hydroxylation sites is 1. The predicted molar refractivity (Wildman–Crippen MR) is 88.5 cm³/mol. The maximum absolute atomic E-state index is 5.17. The summed E-state index contributed by atoms with van der Waals surface area (Å²) in [6.07, 6.45) is 1.83. The van der Waals surface area contributed by atoms with Crippen LogP contribution in [-0.2, 0) is 0 Å². The Kier molecular flexibility index (Phi) is 4.01. The van der Waals surface area contributed by atoms with Crippen LogP contribution in [0.4, 0.5) is 11.5 Å². The molecule has 1 heterocycles. The van der Waals surface area contributed by atoms with Gasteiger partial charge in [0.05, 0.1) is 7.11 Å². The van der Waals surface area contributed by atoms with Crippen molar-refractivity contribution in [3.63, 3.8) is 0 Å². The van der Waals surface area contributed by atoms with Gasteiger partial charge in [0, 0.05) is 23.0 Å². The molecule has 0 aliphatic heterocycles. The van der Waals surface area contributed by atoms with Crippen LogP contribution in [0.2, 0.25) is 0 Å². The highest BCUT2D eigenvalue weighted by molar-refractivity contribution is 5.63. The first-order chi connectivity index (χ1) is 10.8. The molecule has 2 aromatic carbocycles. The van der Waals surface area contributed by atoms with Crippen molar-refractivity contribution in [1.82, 2.24) is 9.97 Å². The Bertz CT molecular complexity index is 755. The van der Waals surface area contributed by atoms with Crippen molar-refractivity contribution in [2.24, 2.45) is 0 Å². The van der Waals surface area contributed by atoms with Gasteiger partial charge < -0.3 is 10.1 Å². The lowest BCUT2D eigenvalue weighted by Crippen LogP contribution is -1.99. The quantitative estimate of drug-likeness (QED) is 0.782. The van der Waals surface area contributed by atoms with Crippen LogP contribution in [0.3, 0.4) is 0 Å². The molecule has 0 amide bonds. The van der Waals surface area contributed by atoms with Crippen LogP contribution in [0.1, 0.15) is 5.56 Å². The zero-order valence-corrected chi connectivity index (χ0v) is 12.6. The van der Waals surface area contributed by atoms with Crippen molar-refractivity contribution in [3.05, 3.63) is 66.4 Å². The minimum atomic E-state index is 0.687. The molecule has 22 heavy (non-hydrogen) atoms. The summed E-state index contributed by atoms with van der Waals surface area (Å²) in [6, 6.07) is 17.7. The number of methoxy groups -OCH3 is 1. The summed E-state index contributed by atoms with van der Waals surface area (Å²) in [5.74, 6) is 2.32. The first-order valence-corrected chi connectivity index (χ1v) is 7.06. The number of ether oxygens (including phenoxy) is 1. The Balaban J connectivity index is 1.91. The molecule has 0 unspecified atom stereocenters. The van der Waals surface area contributed by atoms with Crippen LogP contribution in [0.15, 0.2) is 60.8 Å². The van der Waals surface area contributed by atoms with Crippen molar-refractivity contribution in [3.8, 4) is 17.1 Å². The maximum Gasteiger partial charge on any atom is 0.161 e. The summed E-state index contributed by atoms with van der Waals surface area (Å²) in [7, 11) is 1.65. The number of aromatic nitrogens is 2. The van der Waals surface area contributed by atoms with Gasteiger partial charge in [-0.3, -0.25) is 0 Å². The molecule has 1 aromatic heterocycles. The Hall–Kier alpha value is -2.88. The van der Waals surface area contributed by atoms with Crippen molar-refractivity contribution in [2.75, 3.05) is 12.4 Å². The Morgan fingerprint density at radius 3 is 2.36 bits per heavy atom. The van der Waals surface area contributed by atoms with Gasteiger partial charge in [0.25, 0.3) is 0 Å². The summed E-state index contributed by atoms with van der Waals surface area (Å²) in [5.41, 5.74) is 2.96. The molecule has 4 heteroatoms. The third-order valence-corrected chi connectivity index (χ3v) is 3.36. The molecule has 4 nitrogen and oxygen atoms in total. The lowest BCUT2D eigenvalue weighted by molar-refractivity contribution is 0.415. The van der Waals surface area contributed by atoms with E-state index in [9.17, 15) is 0 Å². The lowest BCUT2D eigenvalue weighted by atomic mass is 10.2. The molecule has 0 bridgehead atoms. The van der Waals surface area contributed by atoms with Crippen LogP contribution in [0, 0.1) is 6.92 Å². The van der Waals surface area contributed by atoms with Gasteiger partial charge in [-0.15, -0.1) is 0 Å². The van der Waals surface area contributed by atoms with E-state index in [2.05, 4.69) is 15.3 Å². The Morgan fingerprint density at radius 1 is 0.955 bits per heavy atom. The molecule has 0 atom stereocenters. The van der Waals surface area contributed by atoms with E-state index in [1.807, 2.05) is 67.7 Å². The lowest BCUT2D eigenvalue weighted by Gasteiger charge is -2.10. The molecular formula is C18H17N3O. The molecule has 3 rings (SSSR count). The van der Waals surface area contributed by atoms with Gasteiger partial charge in [-0.05, 0) is 43.3 Å². The number of nitrogens with one attached hydrogen (secondary N) is 1. The van der Waals surface area contributed by atoms with Gasteiger partial charge in [-0.1, -0.05) is 18.2 Å². The topological polar surface area (TPSA) is 47.0 Å². The molecule has 0 aliphatic rings. The third kappa shape index (κ3) is 3.06. The number of anilines is 2. The monoisotopic (exact) mass is 291 g/mol. The van der Waals surface area contributed by atoms with E-state index in [1.165, 1.54) is 0 Å². The van der Waals surface area contributed by atoms with Crippen LogP contribution in [0.5, 0.6) is 5.75 Å². The van der Waals surface area contributed by atoms with Gasteiger partial charge in [0.15, 0.2) is 5.82 Å². The molecule has 0 saturated heterocycles. The van der Waals surface area contributed by atoms with Gasteiger partial charge in [0.1, 0.15) is 11.6 Å². The number of hydrogen-bond acceptors (Lipinski definition) is 4. The zero-order chi connectivity index (χ0) is 15.4. The van der Waals surface area contributed by atoms with E-state index in [4.69, 9.17) is 4.74 Å². The maximum atomic E-state index is 5.17. The van der Waals surface area contributed by atoms with E-state index >= 15 is 0 Å². The SMILES string of the molecule is COc1ccc(-c2ncc(C)c(Nc3ccccc3)n2)cc1. The molecule has 110 valence electrons. The smallest absolute Gasteiger partial charge is 0.161 e. The molecule has 1 N–H and O–H groups in total. The highest BCUT2D eigenvalue weighted by Crippen LogP contribution is 2.23. The van der Waals surface area contributed by atoms with Crippen molar-refractivity contribution in [2.45, 2.75) is 6.92 Å². The number of benzene rings is 2. The number of nitrogens with zero attached hydrogens (tertiary/aromatic N) is 2.